The summed E-state index contributed by atoms with van der Waals surface area (Å²) in [6, 6.07) is 10.6. The average Bonchev–Trinajstić information content (AvgIpc) is 2.69. The molecule has 1 aliphatic rings. The maximum atomic E-state index is 13.3. The lowest BCUT2D eigenvalue weighted by atomic mass is 9.90. The number of thioether (sulfide) groups is 1. The van der Waals surface area contributed by atoms with Crippen molar-refractivity contribution in [2.45, 2.75) is 30.0 Å². The second kappa shape index (κ2) is 8.98. The van der Waals surface area contributed by atoms with E-state index in [0.717, 1.165) is 22.6 Å². The number of alkyl halides is 3. The summed E-state index contributed by atoms with van der Waals surface area (Å²) in [5.74, 6) is -1.26. The fourth-order valence-electron chi connectivity index (χ4n) is 3.71. The first-order valence-corrected chi connectivity index (χ1v) is 10.8. The maximum Gasteiger partial charge on any atom is 0.416 e. The molecule has 0 saturated carbocycles. The molecule has 1 heterocycles. The fourth-order valence-corrected chi connectivity index (χ4v) is 4.34. The van der Waals surface area contributed by atoms with Crippen molar-refractivity contribution in [3.05, 3.63) is 64.2 Å². The van der Waals surface area contributed by atoms with Crippen LogP contribution in [0.3, 0.4) is 0 Å². The molecule has 2 aromatic rings. The van der Waals surface area contributed by atoms with Gasteiger partial charge in [-0.1, -0.05) is 23.7 Å². The molecule has 0 spiro atoms. The Kier molecular flexibility index (Phi) is 6.81. The van der Waals surface area contributed by atoms with Crippen molar-refractivity contribution in [2.24, 2.45) is 5.92 Å². The molecule has 1 N–H and O–H groups in total. The lowest BCUT2D eigenvalue weighted by Gasteiger charge is -2.37. The van der Waals surface area contributed by atoms with Crippen LogP contribution in [0.2, 0.25) is 5.02 Å². The molecule has 1 fully saturated rings. The first kappa shape index (κ1) is 22.0. The van der Waals surface area contributed by atoms with Crippen molar-refractivity contribution in [1.82, 2.24) is 4.90 Å². The van der Waals surface area contributed by atoms with E-state index in [1.165, 1.54) is 6.07 Å². The van der Waals surface area contributed by atoms with Crippen LogP contribution in [-0.2, 0) is 11.0 Å². The highest BCUT2D eigenvalue weighted by Crippen LogP contribution is 2.39. The van der Waals surface area contributed by atoms with Gasteiger partial charge in [-0.2, -0.15) is 13.2 Å². The standard InChI is InChI=1S/C21H21ClF3NO2S/c1-29-16-5-2-13(3-6-16)19(26-10-8-14(9-11-26)20(27)28)17-12-15(21(23,24)25)4-7-18(17)22/h2-7,12,14,19H,8-11H2,1H3,(H,27,28). The molecule has 8 heteroatoms. The van der Waals surface area contributed by atoms with Gasteiger partial charge in [-0.05, 0) is 73.6 Å². The zero-order chi connectivity index (χ0) is 21.2. The summed E-state index contributed by atoms with van der Waals surface area (Å²) in [4.78, 5) is 14.4. The zero-order valence-corrected chi connectivity index (χ0v) is 17.3. The number of piperidine rings is 1. The van der Waals surface area contributed by atoms with Crippen LogP contribution in [0.1, 0.15) is 35.6 Å². The monoisotopic (exact) mass is 443 g/mol. The summed E-state index contributed by atoms with van der Waals surface area (Å²) in [6.07, 6.45) is -1.62. The minimum Gasteiger partial charge on any atom is -0.481 e. The third kappa shape index (κ3) is 5.08. The third-order valence-electron chi connectivity index (χ3n) is 5.29. The lowest BCUT2D eigenvalue weighted by Crippen LogP contribution is -2.39. The van der Waals surface area contributed by atoms with Gasteiger partial charge in [0.2, 0.25) is 0 Å². The van der Waals surface area contributed by atoms with Crippen molar-refractivity contribution >= 4 is 29.3 Å². The summed E-state index contributed by atoms with van der Waals surface area (Å²) in [5, 5.41) is 9.52. The van der Waals surface area contributed by atoms with Crippen LogP contribution in [0.15, 0.2) is 47.4 Å². The van der Waals surface area contributed by atoms with Crippen LogP contribution in [0.5, 0.6) is 0 Å². The number of hydrogen-bond donors (Lipinski definition) is 1. The number of halogens is 4. The predicted molar refractivity (Wildman–Crippen MR) is 108 cm³/mol. The summed E-state index contributed by atoms with van der Waals surface area (Å²) in [5.41, 5.74) is 0.466. The Morgan fingerprint density at radius 3 is 2.31 bits per heavy atom. The number of aliphatic carboxylic acids is 1. The highest BCUT2D eigenvalue weighted by Gasteiger charge is 2.35. The lowest BCUT2D eigenvalue weighted by molar-refractivity contribution is -0.143. The summed E-state index contributed by atoms with van der Waals surface area (Å²) in [6.45, 7) is 0.941. The molecule has 0 bridgehead atoms. The van der Waals surface area contributed by atoms with E-state index < -0.39 is 29.7 Å². The van der Waals surface area contributed by atoms with Gasteiger partial charge in [0.1, 0.15) is 0 Å². The highest BCUT2D eigenvalue weighted by atomic mass is 35.5. The number of rotatable bonds is 5. The van der Waals surface area contributed by atoms with Crippen molar-refractivity contribution in [2.75, 3.05) is 19.3 Å². The van der Waals surface area contributed by atoms with Crippen LogP contribution < -0.4 is 0 Å². The molecule has 2 aromatic carbocycles. The minimum absolute atomic E-state index is 0.261. The molecule has 0 radical (unpaired) electrons. The number of benzene rings is 2. The molecule has 1 saturated heterocycles. The molecular formula is C21H21ClF3NO2S. The summed E-state index contributed by atoms with van der Waals surface area (Å²) in [7, 11) is 0. The number of likely N-dealkylation sites (tertiary alicyclic amines) is 1. The molecule has 156 valence electrons. The van der Waals surface area contributed by atoms with E-state index >= 15 is 0 Å². The molecule has 3 nitrogen and oxygen atoms in total. The number of hydrogen-bond acceptors (Lipinski definition) is 3. The molecule has 0 aliphatic carbocycles. The Labute approximate surface area is 176 Å². The van der Waals surface area contributed by atoms with E-state index in [9.17, 15) is 23.1 Å². The Hall–Kier alpha value is -1.70. The highest BCUT2D eigenvalue weighted by molar-refractivity contribution is 7.98. The van der Waals surface area contributed by atoms with Gasteiger partial charge in [0.15, 0.2) is 0 Å². The molecular weight excluding hydrogens is 423 g/mol. The fraction of sp³-hybridized carbons (Fsp3) is 0.381. The van der Waals surface area contributed by atoms with E-state index in [1.54, 1.807) is 11.8 Å². The van der Waals surface area contributed by atoms with E-state index in [0.29, 0.717) is 31.5 Å². The van der Waals surface area contributed by atoms with Crippen LogP contribution >= 0.6 is 23.4 Å². The smallest absolute Gasteiger partial charge is 0.416 e. The summed E-state index contributed by atoms with van der Waals surface area (Å²) >= 11 is 7.93. The molecule has 0 amide bonds. The van der Waals surface area contributed by atoms with Crippen LogP contribution in [0.25, 0.3) is 0 Å². The van der Waals surface area contributed by atoms with Gasteiger partial charge in [0, 0.05) is 9.92 Å². The predicted octanol–water partition coefficient (Wildman–Crippen LogP) is 5.97. The second-order valence-electron chi connectivity index (χ2n) is 7.06. The molecule has 3 rings (SSSR count). The molecule has 29 heavy (non-hydrogen) atoms. The van der Waals surface area contributed by atoms with E-state index in [2.05, 4.69) is 0 Å². The van der Waals surface area contributed by atoms with Crippen molar-refractivity contribution in [1.29, 1.82) is 0 Å². The Balaban J connectivity index is 2.03. The quantitative estimate of drug-likeness (QED) is 0.578. The van der Waals surface area contributed by atoms with Crippen molar-refractivity contribution in [3.8, 4) is 0 Å². The van der Waals surface area contributed by atoms with Crippen molar-refractivity contribution in [3.63, 3.8) is 0 Å². The first-order chi connectivity index (χ1) is 13.7. The topological polar surface area (TPSA) is 40.5 Å². The molecule has 1 unspecified atom stereocenters. The van der Waals surface area contributed by atoms with E-state index in [-0.39, 0.29) is 5.02 Å². The minimum atomic E-state index is -4.47. The number of carboxylic acids is 1. The van der Waals surface area contributed by atoms with Crippen molar-refractivity contribution < 1.29 is 23.1 Å². The second-order valence-corrected chi connectivity index (χ2v) is 8.35. The largest absolute Gasteiger partial charge is 0.481 e. The van der Waals surface area contributed by atoms with Crippen LogP contribution in [-0.4, -0.2) is 35.3 Å². The maximum absolute atomic E-state index is 13.3. The van der Waals surface area contributed by atoms with Gasteiger partial charge in [-0.3, -0.25) is 9.69 Å². The van der Waals surface area contributed by atoms with Gasteiger partial charge in [0.05, 0.1) is 17.5 Å². The number of carbonyl (C=O) groups is 1. The molecule has 1 atom stereocenters. The Morgan fingerprint density at radius 1 is 1.17 bits per heavy atom. The zero-order valence-electron chi connectivity index (χ0n) is 15.7. The van der Waals surface area contributed by atoms with Gasteiger partial charge in [-0.25, -0.2) is 0 Å². The van der Waals surface area contributed by atoms with Gasteiger partial charge in [-0.15, -0.1) is 11.8 Å². The van der Waals surface area contributed by atoms with E-state index in [1.807, 2.05) is 35.4 Å². The number of carboxylic acid groups (broad SMARTS) is 1. The Bertz CT molecular complexity index is 865. The molecule has 1 aliphatic heterocycles. The normalized spacial score (nSPS) is 17.3. The Morgan fingerprint density at radius 2 is 1.79 bits per heavy atom. The third-order valence-corrected chi connectivity index (χ3v) is 6.38. The SMILES string of the molecule is CSc1ccc(C(c2cc(C(F)(F)F)ccc2Cl)N2CCC(C(=O)O)CC2)cc1. The van der Waals surface area contributed by atoms with Gasteiger partial charge < -0.3 is 5.11 Å². The molecule has 0 aromatic heterocycles. The van der Waals surface area contributed by atoms with Gasteiger partial charge >= 0.3 is 12.1 Å². The van der Waals surface area contributed by atoms with Gasteiger partial charge in [0.25, 0.3) is 0 Å². The van der Waals surface area contributed by atoms with Crippen LogP contribution in [0.4, 0.5) is 13.2 Å². The van der Waals surface area contributed by atoms with Crippen LogP contribution in [0, 0.1) is 5.92 Å². The number of nitrogens with zero attached hydrogens (tertiary/aromatic N) is 1. The van der Waals surface area contributed by atoms with E-state index in [4.69, 9.17) is 11.6 Å². The summed E-state index contributed by atoms with van der Waals surface area (Å²) < 4.78 is 40.0. The first-order valence-electron chi connectivity index (χ1n) is 9.18. The average molecular weight is 444 g/mol.